The molecular weight excluding hydrogens is 524 g/mol. The van der Waals surface area contributed by atoms with Gasteiger partial charge in [-0.15, -0.1) is 5.10 Å². The fourth-order valence-corrected chi connectivity index (χ4v) is 5.88. The molecule has 1 aromatic carbocycles. The van der Waals surface area contributed by atoms with Crippen molar-refractivity contribution in [3.63, 3.8) is 0 Å². The van der Waals surface area contributed by atoms with Gasteiger partial charge in [-0.25, -0.2) is 4.98 Å². The van der Waals surface area contributed by atoms with Crippen LogP contribution in [-0.4, -0.2) is 63.6 Å². The molecule has 9 nitrogen and oxygen atoms in total. The zero-order valence-electron chi connectivity index (χ0n) is 22.6. The first-order valence-electron chi connectivity index (χ1n) is 14.1. The van der Waals surface area contributed by atoms with E-state index in [1.54, 1.807) is 6.20 Å². The van der Waals surface area contributed by atoms with Crippen LogP contribution in [0.2, 0.25) is 5.02 Å². The van der Waals surface area contributed by atoms with Crippen molar-refractivity contribution in [2.45, 2.75) is 37.6 Å². The van der Waals surface area contributed by atoms with Crippen molar-refractivity contribution in [3.8, 4) is 0 Å². The Kier molecular flexibility index (Phi) is 6.56. The zero-order valence-corrected chi connectivity index (χ0v) is 23.3. The lowest BCUT2D eigenvalue weighted by molar-refractivity contribution is -0.117. The monoisotopic (exact) mass is 556 g/mol. The van der Waals surface area contributed by atoms with E-state index in [4.69, 9.17) is 16.6 Å². The summed E-state index contributed by atoms with van der Waals surface area (Å²) in [7, 11) is 2.18. The molecule has 3 aliphatic rings. The molecule has 0 bridgehead atoms. The number of benzene rings is 1. The van der Waals surface area contributed by atoms with Gasteiger partial charge in [-0.05, 0) is 67.5 Å². The minimum Gasteiger partial charge on any atom is -0.378 e. The molecule has 1 amide bonds. The van der Waals surface area contributed by atoms with E-state index in [2.05, 4.69) is 60.5 Å². The van der Waals surface area contributed by atoms with E-state index in [9.17, 15) is 4.79 Å². The molecule has 2 atom stereocenters. The van der Waals surface area contributed by atoms with E-state index >= 15 is 0 Å². The number of likely N-dealkylation sites (N-methyl/N-ethyl adjacent to an activating group) is 1. The molecule has 4 aromatic rings. The Morgan fingerprint density at radius 1 is 1.07 bits per heavy atom. The molecule has 0 radical (unpaired) electrons. The molecule has 1 saturated heterocycles. The number of halogens is 1. The van der Waals surface area contributed by atoms with Crippen LogP contribution in [0.25, 0.3) is 5.65 Å². The number of hydrogen-bond acceptors (Lipinski definition) is 7. The summed E-state index contributed by atoms with van der Waals surface area (Å²) in [6.07, 6.45) is 9.38. The van der Waals surface area contributed by atoms with Crippen LogP contribution in [0.3, 0.4) is 0 Å². The molecule has 40 heavy (non-hydrogen) atoms. The third-order valence-electron chi connectivity index (χ3n) is 8.28. The first-order valence-corrected chi connectivity index (χ1v) is 14.5. The van der Waals surface area contributed by atoms with Gasteiger partial charge >= 0.3 is 0 Å². The van der Waals surface area contributed by atoms with Crippen molar-refractivity contribution in [3.05, 3.63) is 76.8 Å². The predicted molar refractivity (Wildman–Crippen MR) is 157 cm³/mol. The van der Waals surface area contributed by atoms with Crippen LogP contribution in [0.15, 0.2) is 55.0 Å². The second-order valence-electron chi connectivity index (χ2n) is 11.4. The molecule has 206 valence electrons. The number of imidazole rings is 1. The van der Waals surface area contributed by atoms with Crippen molar-refractivity contribution in [2.75, 3.05) is 48.8 Å². The van der Waals surface area contributed by atoms with Gasteiger partial charge in [-0.1, -0.05) is 23.7 Å². The van der Waals surface area contributed by atoms with Gasteiger partial charge in [0.1, 0.15) is 0 Å². The van der Waals surface area contributed by atoms with Crippen LogP contribution in [0.1, 0.15) is 47.9 Å². The van der Waals surface area contributed by atoms with Gasteiger partial charge in [0.2, 0.25) is 5.91 Å². The first-order chi connectivity index (χ1) is 19.5. The number of rotatable bonds is 8. The lowest BCUT2D eigenvalue weighted by Crippen LogP contribution is -2.44. The molecule has 3 aromatic heterocycles. The summed E-state index contributed by atoms with van der Waals surface area (Å²) in [5, 5.41) is 15.3. The smallest absolute Gasteiger partial charge is 0.229 e. The number of piperazine rings is 1. The van der Waals surface area contributed by atoms with Crippen LogP contribution in [-0.2, 0) is 11.3 Å². The van der Waals surface area contributed by atoms with E-state index in [0.29, 0.717) is 23.3 Å². The fraction of sp³-hybridized carbons (Fsp3) is 0.400. The molecule has 0 spiro atoms. The third kappa shape index (κ3) is 5.36. The van der Waals surface area contributed by atoms with E-state index in [-0.39, 0.29) is 17.7 Å². The highest BCUT2D eigenvalue weighted by molar-refractivity contribution is 6.30. The molecule has 3 fully saturated rings. The second kappa shape index (κ2) is 10.4. The maximum Gasteiger partial charge on any atom is 0.229 e. The number of amides is 1. The Morgan fingerprint density at radius 3 is 2.73 bits per heavy atom. The maximum absolute atomic E-state index is 12.8. The number of carbonyl (C=O) groups excluding carboxylic acids is 1. The SMILES string of the molecule is CN1CCN(c2cc(C3CC3)cn3cc(CNc4cnnc(NC(=O)[C@H]5C[C@@H]5c5cccc(Cl)c5)c4)nc23)CC1. The van der Waals surface area contributed by atoms with E-state index in [0.717, 1.165) is 55.2 Å². The van der Waals surface area contributed by atoms with Crippen LogP contribution >= 0.6 is 11.6 Å². The van der Waals surface area contributed by atoms with E-state index < -0.39 is 0 Å². The second-order valence-corrected chi connectivity index (χ2v) is 11.8. The average molecular weight is 557 g/mol. The molecule has 7 rings (SSSR count). The summed E-state index contributed by atoms with van der Waals surface area (Å²) in [4.78, 5) is 22.7. The third-order valence-corrected chi connectivity index (χ3v) is 8.51. The summed E-state index contributed by atoms with van der Waals surface area (Å²) in [6, 6.07) is 11.9. The van der Waals surface area contributed by atoms with Gasteiger partial charge in [0, 0.05) is 55.6 Å². The Labute approximate surface area is 238 Å². The molecule has 2 saturated carbocycles. The largest absolute Gasteiger partial charge is 0.378 e. The molecule has 2 N–H and O–H groups in total. The number of aromatic nitrogens is 4. The van der Waals surface area contributed by atoms with Crippen LogP contribution < -0.4 is 15.5 Å². The quantitative estimate of drug-likeness (QED) is 0.323. The van der Waals surface area contributed by atoms with Crippen molar-refractivity contribution in [2.24, 2.45) is 5.92 Å². The lowest BCUT2D eigenvalue weighted by Gasteiger charge is -2.34. The lowest BCUT2D eigenvalue weighted by atomic mass is 10.1. The number of anilines is 3. The minimum atomic E-state index is -0.0788. The molecule has 1 aliphatic heterocycles. The van der Waals surface area contributed by atoms with Crippen molar-refractivity contribution in [1.82, 2.24) is 24.5 Å². The predicted octanol–water partition coefficient (Wildman–Crippen LogP) is 4.76. The van der Waals surface area contributed by atoms with Gasteiger partial charge in [-0.2, -0.15) is 5.10 Å². The number of fused-ring (bicyclic) bond motifs is 1. The minimum absolute atomic E-state index is 0.0420. The average Bonchev–Trinajstić information content (AvgIpc) is 3.88. The highest BCUT2D eigenvalue weighted by Gasteiger charge is 2.44. The zero-order chi connectivity index (χ0) is 27.2. The Morgan fingerprint density at radius 2 is 1.93 bits per heavy atom. The number of nitrogens with one attached hydrogen (secondary N) is 2. The van der Waals surface area contributed by atoms with Gasteiger partial charge in [0.15, 0.2) is 11.5 Å². The Balaban J connectivity index is 1.03. The van der Waals surface area contributed by atoms with Gasteiger partial charge in [0.05, 0.1) is 29.8 Å². The summed E-state index contributed by atoms with van der Waals surface area (Å²) < 4.78 is 2.20. The standard InChI is InChI=1S/C30H33ClN8O/c1-37-7-9-38(10-8-37)27-12-21(19-5-6-19)17-39-18-24(34-29(27)39)15-32-23-13-28(36-33-16-23)35-30(40)26-14-25(26)20-3-2-4-22(31)11-20/h2-4,11-13,16-19,25-26H,5-10,14-15H2,1H3,(H2,32,35,36,40)/t25-,26+/m1/s1. The van der Waals surface area contributed by atoms with Crippen molar-refractivity contribution < 1.29 is 4.79 Å². The van der Waals surface area contributed by atoms with Gasteiger partial charge < -0.3 is 24.8 Å². The Bertz CT molecular complexity index is 1560. The van der Waals surface area contributed by atoms with E-state index in [1.165, 1.54) is 24.1 Å². The summed E-state index contributed by atoms with van der Waals surface area (Å²) >= 11 is 6.12. The number of carbonyl (C=O) groups is 1. The normalized spacial score (nSPS) is 21.0. The number of pyridine rings is 1. The summed E-state index contributed by atoms with van der Waals surface area (Å²) in [5.74, 6) is 1.18. The number of nitrogens with zero attached hydrogens (tertiary/aromatic N) is 6. The van der Waals surface area contributed by atoms with Gasteiger partial charge in [0.25, 0.3) is 0 Å². The van der Waals surface area contributed by atoms with Crippen LogP contribution in [0.5, 0.6) is 0 Å². The molecule has 4 heterocycles. The van der Waals surface area contributed by atoms with Gasteiger partial charge in [-0.3, -0.25) is 4.79 Å². The highest BCUT2D eigenvalue weighted by atomic mass is 35.5. The molecule has 0 unspecified atom stereocenters. The number of hydrogen-bond donors (Lipinski definition) is 2. The topological polar surface area (TPSA) is 90.7 Å². The first kappa shape index (κ1) is 25.3. The van der Waals surface area contributed by atoms with Crippen molar-refractivity contribution >= 4 is 40.3 Å². The molecule has 2 aliphatic carbocycles. The van der Waals surface area contributed by atoms with Crippen molar-refractivity contribution in [1.29, 1.82) is 0 Å². The van der Waals surface area contributed by atoms with Crippen LogP contribution in [0, 0.1) is 5.92 Å². The summed E-state index contributed by atoms with van der Waals surface area (Å²) in [5.41, 5.74) is 6.48. The molecular formula is C30H33ClN8O. The van der Waals surface area contributed by atoms with E-state index in [1.807, 2.05) is 30.3 Å². The molecule has 10 heteroatoms. The fourth-order valence-electron chi connectivity index (χ4n) is 5.68. The maximum atomic E-state index is 12.8. The Hall–Kier alpha value is -3.69. The highest BCUT2D eigenvalue weighted by Crippen LogP contribution is 2.48. The van der Waals surface area contributed by atoms with Crippen LogP contribution in [0.4, 0.5) is 17.2 Å². The summed E-state index contributed by atoms with van der Waals surface area (Å²) in [6.45, 7) is 4.69.